The predicted octanol–water partition coefficient (Wildman–Crippen LogP) is 6.24. The van der Waals surface area contributed by atoms with Crippen LogP contribution in [0.15, 0.2) is 24.3 Å². The maximum absolute atomic E-state index is 5.77. The Morgan fingerprint density at radius 1 is 1.08 bits per heavy atom. The summed E-state index contributed by atoms with van der Waals surface area (Å²) >= 11 is 0. The molecule has 2 heteroatoms. The summed E-state index contributed by atoms with van der Waals surface area (Å²) in [4.78, 5) is 0. The van der Waals surface area contributed by atoms with Gasteiger partial charge in [-0.2, -0.15) is 0 Å². The van der Waals surface area contributed by atoms with Gasteiger partial charge in [-0.15, -0.1) is 0 Å². The minimum atomic E-state index is 0.144. The van der Waals surface area contributed by atoms with Crippen molar-refractivity contribution in [2.24, 2.45) is 5.41 Å². The summed E-state index contributed by atoms with van der Waals surface area (Å²) in [5.74, 6) is 0.932. The second-order valence-corrected chi connectivity index (χ2v) is 8.67. The van der Waals surface area contributed by atoms with Gasteiger partial charge in [-0.3, -0.25) is 0 Å². The normalized spacial score (nSPS) is 13.0. The first-order valence-corrected chi connectivity index (χ1v) is 9.02. The molecule has 0 saturated heterocycles. The van der Waals surface area contributed by atoms with E-state index in [1.807, 2.05) is 0 Å². The predicted molar refractivity (Wildman–Crippen MR) is 105 cm³/mol. The van der Waals surface area contributed by atoms with E-state index in [0.29, 0.717) is 6.10 Å². The smallest absolute Gasteiger partial charge is 0.126 e. The Morgan fingerprint density at radius 3 is 2.29 bits per heavy atom. The van der Waals surface area contributed by atoms with Crippen LogP contribution in [0.4, 0.5) is 0 Å². The van der Waals surface area contributed by atoms with Crippen molar-refractivity contribution in [3.8, 4) is 5.75 Å². The number of methoxy groups -OCH3 is 1. The fourth-order valence-corrected chi connectivity index (χ4v) is 2.48. The molecule has 0 radical (unpaired) electrons. The minimum absolute atomic E-state index is 0.144. The molecule has 0 atom stereocenters. The lowest BCUT2D eigenvalue weighted by molar-refractivity contribution is 0.0186. The SMILES string of the molecule is COc1ccc(C(C)(C)C)cc1/C=C/CCC(C)(C)COC(C)C. The van der Waals surface area contributed by atoms with Crippen molar-refractivity contribution in [1.82, 2.24) is 0 Å². The van der Waals surface area contributed by atoms with Crippen molar-refractivity contribution in [2.75, 3.05) is 13.7 Å². The van der Waals surface area contributed by atoms with Gasteiger partial charge in [-0.05, 0) is 55.2 Å². The maximum Gasteiger partial charge on any atom is 0.126 e. The van der Waals surface area contributed by atoms with Gasteiger partial charge in [0.1, 0.15) is 5.75 Å². The van der Waals surface area contributed by atoms with E-state index in [1.165, 1.54) is 5.56 Å². The van der Waals surface area contributed by atoms with E-state index in [9.17, 15) is 0 Å². The molecule has 0 amide bonds. The van der Waals surface area contributed by atoms with Gasteiger partial charge in [0.05, 0.1) is 19.8 Å². The van der Waals surface area contributed by atoms with Crippen LogP contribution in [-0.2, 0) is 10.2 Å². The van der Waals surface area contributed by atoms with Crippen molar-refractivity contribution in [3.05, 3.63) is 35.4 Å². The largest absolute Gasteiger partial charge is 0.496 e. The molecule has 0 aliphatic rings. The summed E-state index contributed by atoms with van der Waals surface area (Å²) in [5.41, 5.74) is 2.83. The molecular formula is C22H36O2. The van der Waals surface area contributed by atoms with Gasteiger partial charge >= 0.3 is 0 Å². The average Bonchev–Trinajstić information content (AvgIpc) is 2.48. The topological polar surface area (TPSA) is 18.5 Å². The summed E-state index contributed by atoms with van der Waals surface area (Å²) in [5, 5.41) is 0. The third kappa shape index (κ3) is 7.09. The van der Waals surface area contributed by atoms with Gasteiger partial charge in [-0.25, -0.2) is 0 Å². The highest BCUT2D eigenvalue weighted by Gasteiger charge is 2.18. The van der Waals surface area contributed by atoms with Gasteiger partial charge in [0.15, 0.2) is 0 Å². The van der Waals surface area contributed by atoms with Crippen LogP contribution < -0.4 is 4.74 Å². The van der Waals surface area contributed by atoms with Gasteiger partial charge in [-0.1, -0.05) is 52.8 Å². The van der Waals surface area contributed by atoms with Crippen LogP contribution >= 0.6 is 0 Å². The van der Waals surface area contributed by atoms with Crippen LogP contribution in [0, 0.1) is 5.41 Å². The lowest BCUT2D eigenvalue weighted by Crippen LogP contribution is -2.21. The molecule has 24 heavy (non-hydrogen) atoms. The molecule has 0 unspecified atom stereocenters. The molecule has 1 rings (SSSR count). The second kappa shape index (κ2) is 8.71. The Morgan fingerprint density at radius 2 is 1.75 bits per heavy atom. The minimum Gasteiger partial charge on any atom is -0.496 e. The molecule has 1 aromatic rings. The van der Waals surface area contributed by atoms with Gasteiger partial charge < -0.3 is 9.47 Å². The number of allylic oxidation sites excluding steroid dienone is 1. The molecule has 0 heterocycles. The van der Waals surface area contributed by atoms with Crippen LogP contribution in [0.3, 0.4) is 0 Å². The zero-order chi connectivity index (χ0) is 18.4. The molecule has 0 aromatic heterocycles. The van der Waals surface area contributed by atoms with Crippen LogP contribution in [0.5, 0.6) is 5.75 Å². The quantitative estimate of drug-likeness (QED) is 0.561. The standard InChI is InChI=1S/C22H36O2/c1-17(2)24-16-22(6,7)14-10-9-11-18-15-19(21(3,4)5)12-13-20(18)23-8/h9,11-13,15,17H,10,14,16H2,1-8H3/b11-9+. The third-order valence-electron chi connectivity index (χ3n) is 4.19. The molecule has 0 spiro atoms. The Bertz CT molecular complexity index is 533. The van der Waals surface area contributed by atoms with Crippen LogP contribution in [0.1, 0.15) is 72.4 Å². The van der Waals surface area contributed by atoms with Crippen LogP contribution in [0.2, 0.25) is 0 Å². The van der Waals surface area contributed by atoms with E-state index in [-0.39, 0.29) is 10.8 Å². The lowest BCUT2D eigenvalue weighted by atomic mass is 9.86. The first kappa shape index (κ1) is 20.8. The van der Waals surface area contributed by atoms with Crippen molar-refractivity contribution in [1.29, 1.82) is 0 Å². The summed E-state index contributed by atoms with van der Waals surface area (Å²) in [6, 6.07) is 6.46. The molecular weight excluding hydrogens is 296 g/mol. The van der Waals surface area contributed by atoms with E-state index in [2.05, 4.69) is 78.8 Å². The Labute approximate surface area is 149 Å². The first-order chi connectivity index (χ1) is 11.0. The number of ether oxygens (including phenoxy) is 2. The van der Waals surface area contributed by atoms with Gasteiger partial charge in [0, 0.05) is 5.56 Å². The Hall–Kier alpha value is -1.28. The van der Waals surface area contributed by atoms with Crippen molar-refractivity contribution in [3.63, 3.8) is 0 Å². The molecule has 2 nitrogen and oxygen atoms in total. The van der Waals surface area contributed by atoms with Gasteiger partial charge in [0.2, 0.25) is 0 Å². The molecule has 0 saturated carbocycles. The number of benzene rings is 1. The van der Waals surface area contributed by atoms with Crippen molar-refractivity contribution in [2.45, 2.75) is 72.8 Å². The summed E-state index contributed by atoms with van der Waals surface area (Å²) in [7, 11) is 1.73. The highest BCUT2D eigenvalue weighted by atomic mass is 16.5. The highest BCUT2D eigenvalue weighted by molar-refractivity contribution is 5.59. The van der Waals surface area contributed by atoms with Crippen molar-refractivity contribution < 1.29 is 9.47 Å². The molecule has 0 bridgehead atoms. The molecule has 0 aliphatic carbocycles. The molecule has 136 valence electrons. The molecule has 0 fully saturated rings. The van der Waals surface area contributed by atoms with E-state index in [4.69, 9.17) is 9.47 Å². The lowest BCUT2D eigenvalue weighted by Gasteiger charge is -2.25. The summed E-state index contributed by atoms with van der Waals surface area (Å²) < 4.78 is 11.3. The summed E-state index contributed by atoms with van der Waals surface area (Å²) in [6.45, 7) is 16.2. The fraction of sp³-hybridized carbons (Fsp3) is 0.636. The molecule has 0 aliphatic heterocycles. The fourth-order valence-electron chi connectivity index (χ4n) is 2.48. The highest BCUT2D eigenvalue weighted by Crippen LogP contribution is 2.29. The second-order valence-electron chi connectivity index (χ2n) is 8.67. The monoisotopic (exact) mass is 332 g/mol. The molecule has 1 aromatic carbocycles. The third-order valence-corrected chi connectivity index (χ3v) is 4.19. The zero-order valence-corrected chi connectivity index (χ0v) is 16.9. The Kier molecular flexibility index (Phi) is 7.54. The van der Waals surface area contributed by atoms with Gasteiger partial charge in [0.25, 0.3) is 0 Å². The van der Waals surface area contributed by atoms with E-state index < -0.39 is 0 Å². The first-order valence-electron chi connectivity index (χ1n) is 9.02. The van der Waals surface area contributed by atoms with E-state index in [0.717, 1.165) is 30.8 Å². The maximum atomic E-state index is 5.77. The number of rotatable bonds is 8. The average molecular weight is 333 g/mol. The Balaban J connectivity index is 2.72. The van der Waals surface area contributed by atoms with E-state index in [1.54, 1.807) is 7.11 Å². The summed E-state index contributed by atoms with van der Waals surface area (Å²) in [6.07, 6.45) is 6.88. The van der Waals surface area contributed by atoms with Crippen LogP contribution in [-0.4, -0.2) is 19.8 Å². The molecule has 0 N–H and O–H groups in total. The number of hydrogen-bond donors (Lipinski definition) is 0. The van der Waals surface area contributed by atoms with Crippen LogP contribution in [0.25, 0.3) is 6.08 Å². The zero-order valence-electron chi connectivity index (χ0n) is 16.9. The van der Waals surface area contributed by atoms with Crippen molar-refractivity contribution >= 4 is 6.08 Å². The number of hydrogen-bond acceptors (Lipinski definition) is 2. The van der Waals surface area contributed by atoms with E-state index >= 15 is 0 Å².